The van der Waals surface area contributed by atoms with Gasteiger partial charge in [-0.1, -0.05) is 0 Å². The summed E-state index contributed by atoms with van der Waals surface area (Å²) in [4.78, 5) is 11.6. The molecule has 6 nitrogen and oxygen atoms in total. The van der Waals surface area contributed by atoms with E-state index in [4.69, 9.17) is 0 Å². The number of carbonyl (C=O) groups is 1. The van der Waals surface area contributed by atoms with Crippen LogP contribution in [0.5, 0.6) is 0 Å². The molecule has 1 saturated heterocycles. The molecule has 1 atom stereocenters. The minimum atomic E-state index is -3.61. The Morgan fingerprint density at radius 1 is 1.48 bits per heavy atom. The Balaban J connectivity index is 2.34. The number of hydrogen-bond donors (Lipinski definition) is 1. The Hall–Kier alpha value is -0.960. The number of nitrogens with zero attached hydrogens (tertiary/aromatic N) is 1. The number of methoxy groups -OCH3 is 1. The highest BCUT2D eigenvalue weighted by Gasteiger charge is 2.31. The third-order valence-electron chi connectivity index (χ3n) is 3.56. The summed E-state index contributed by atoms with van der Waals surface area (Å²) in [6.07, 6.45) is 0.785. The Labute approximate surface area is 132 Å². The number of rotatable bonds is 4. The van der Waals surface area contributed by atoms with Crippen molar-refractivity contribution in [2.45, 2.75) is 17.4 Å². The largest absolute Gasteiger partial charge is 0.465 e. The molecule has 0 bridgehead atoms. The molecule has 1 aliphatic heterocycles. The maximum atomic E-state index is 12.6. The van der Waals surface area contributed by atoms with Gasteiger partial charge in [0.25, 0.3) is 0 Å². The van der Waals surface area contributed by atoms with E-state index < -0.39 is 16.0 Å². The van der Waals surface area contributed by atoms with E-state index in [1.165, 1.54) is 29.6 Å². The zero-order chi connectivity index (χ0) is 15.6. The summed E-state index contributed by atoms with van der Waals surface area (Å²) in [7, 11) is -0.751. The van der Waals surface area contributed by atoms with E-state index in [1.807, 2.05) is 0 Å². The molecule has 1 unspecified atom stereocenters. The number of benzene rings is 1. The number of esters is 1. The average Bonchev–Trinajstić information content (AvgIpc) is 2.99. The predicted molar refractivity (Wildman–Crippen MR) is 81.7 cm³/mol. The van der Waals surface area contributed by atoms with Crippen LogP contribution in [0.25, 0.3) is 0 Å². The first kappa shape index (κ1) is 16.4. The van der Waals surface area contributed by atoms with E-state index in [1.54, 1.807) is 7.05 Å². The zero-order valence-corrected chi connectivity index (χ0v) is 14.2. The summed E-state index contributed by atoms with van der Waals surface area (Å²) in [5.41, 5.74) is 0.300. The van der Waals surface area contributed by atoms with Crippen molar-refractivity contribution in [2.75, 3.05) is 27.2 Å². The van der Waals surface area contributed by atoms with Crippen molar-refractivity contribution in [2.24, 2.45) is 0 Å². The lowest BCUT2D eigenvalue weighted by molar-refractivity contribution is 0.0600. The van der Waals surface area contributed by atoms with Crippen molar-refractivity contribution in [3.8, 4) is 0 Å². The van der Waals surface area contributed by atoms with Crippen LogP contribution < -0.4 is 5.32 Å². The molecule has 0 amide bonds. The number of carbonyl (C=O) groups excluding carboxylic acids is 1. The van der Waals surface area contributed by atoms with Crippen LogP contribution in [0.4, 0.5) is 0 Å². The van der Waals surface area contributed by atoms with E-state index in [2.05, 4.69) is 26.0 Å². The first-order chi connectivity index (χ1) is 9.87. The Morgan fingerprint density at radius 2 is 2.19 bits per heavy atom. The average molecular weight is 377 g/mol. The normalized spacial score (nSPS) is 19.0. The van der Waals surface area contributed by atoms with Crippen LogP contribution in [0, 0.1) is 0 Å². The summed E-state index contributed by atoms with van der Waals surface area (Å²) < 4.78 is 31.6. The summed E-state index contributed by atoms with van der Waals surface area (Å²) in [5.74, 6) is -0.506. The lowest BCUT2D eigenvalue weighted by Crippen LogP contribution is -2.38. The van der Waals surface area contributed by atoms with Gasteiger partial charge in [0.1, 0.15) is 0 Å². The van der Waals surface area contributed by atoms with Gasteiger partial charge in [0.05, 0.1) is 17.6 Å². The van der Waals surface area contributed by atoms with Crippen LogP contribution in [0.2, 0.25) is 0 Å². The Kier molecular flexibility index (Phi) is 5.03. The molecule has 1 fully saturated rings. The fraction of sp³-hybridized carbons (Fsp3) is 0.462. The molecule has 0 aliphatic carbocycles. The van der Waals surface area contributed by atoms with Crippen LogP contribution in [-0.2, 0) is 14.8 Å². The van der Waals surface area contributed by atoms with Gasteiger partial charge in [-0.3, -0.25) is 0 Å². The smallest absolute Gasteiger partial charge is 0.337 e. The second-order valence-electron chi connectivity index (χ2n) is 4.80. The van der Waals surface area contributed by atoms with Gasteiger partial charge in [-0.05, 0) is 47.1 Å². The number of nitrogens with one attached hydrogen (secondary N) is 1. The van der Waals surface area contributed by atoms with E-state index in [9.17, 15) is 13.2 Å². The fourth-order valence-electron chi connectivity index (χ4n) is 2.26. The van der Waals surface area contributed by atoms with Crippen LogP contribution in [0.3, 0.4) is 0 Å². The third kappa shape index (κ3) is 3.28. The highest BCUT2D eigenvalue weighted by Crippen LogP contribution is 2.27. The molecule has 1 aliphatic rings. The number of likely N-dealkylation sites (N-methyl/N-ethyl adjacent to an activating group) is 1. The highest BCUT2D eigenvalue weighted by molar-refractivity contribution is 9.10. The van der Waals surface area contributed by atoms with Crippen LogP contribution in [0.1, 0.15) is 16.8 Å². The molecule has 8 heteroatoms. The summed E-state index contributed by atoms with van der Waals surface area (Å²) in [6, 6.07) is 4.27. The molecular formula is C13H17BrN2O4S. The first-order valence-corrected chi connectivity index (χ1v) is 8.68. The molecule has 0 aromatic heterocycles. The van der Waals surface area contributed by atoms with Crippen LogP contribution in [0.15, 0.2) is 27.6 Å². The van der Waals surface area contributed by atoms with Gasteiger partial charge in [-0.2, -0.15) is 4.31 Å². The van der Waals surface area contributed by atoms with Crippen molar-refractivity contribution in [1.29, 1.82) is 0 Å². The first-order valence-electron chi connectivity index (χ1n) is 6.44. The van der Waals surface area contributed by atoms with E-state index >= 15 is 0 Å². The fourth-order valence-corrected chi connectivity index (χ4v) is 4.68. The number of halogens is 1. The maximum absolute atomic E-state index is 12.6. The molecule has 116 valence electrons. The van der Waals surface area contributed by atoms with Crippen molar-refractivity contribution in [3.05, 3.63) is 28.2 Å². The van der Waals surface area contributed by atoms with Crippen LogP contribution in [-0.4, -0.2) is 52.0 Å². The molecule has 0 spiro atoms. The van der Waals surface area contributed by atoms with Crippen LogP contribution >= 0.6 is 15.9 Å². The van der Waals surface area contributed by atoms with Gasteiger partial charge < -0.3 is 10.1 Å². The topological polar surface area (TPSA) is 75.7 Å². The number of sulfonamides is 1. The molecule has 21 heavy (non-hydrogen) atoms. The van der Waals surface area contributed by atoms with Crippen molar-refractivity contribution >= 4 is 31.9 Å². The maximum Gasteiger partial charge on any atom is 0.337 e. The zero-order valence-electron chi connectivity index (χ0n) is 11.8. The van der Waals surface area contributed by atoms with E-state index in [-0.39, 0.29) is 10.9 Å². The minimum absolute atomic E-state index is 0.0535. The molecule has 0 saturated carbocycles. The predicted octanol–water partition coefficient (Wildman–Crippen LogP) is 1.22. The van der Waals surface area contributed by atoms with E-state index in [0.29, 0.717) is 16.6 Å². The number of hydrogen-bond acceptors (Lipinski definition) is 5. The second kappa shape index (κ2) is 6.43. The Morgan fingerprint density at radius 3 is 2.71 bits per heavy atom. The van der Waals surface area contributed by atoms with Crippen molar-refractivity contribution in [1.82, 2.24) is 9.62 Å². The van der Waals surface area contributed by atoms with Crippen molar-refractivity contribution < 1.29 is 17.9 Å². The lowest BCUT2D eigenvalue weighted by atomic mass is 10.2. The molecule has 1 N–H and O–H groups in total. The second-order valence-corrected chi connectivity index (χ2v) is 7.62. The summed E-state index contributed by atoms with van der Waals surface area (Å²) in [5, 5.41) is 3.14. The molecule has 2 rings (SSSR count). The lowest BCUT2D eigenvalue weighted by Gasteiger charge is -2.23. The standard InChI is InChI=1S/C13H17BrN2O4S/c1-16(10-5-6-15-8-10)21(18,19)12-4-3-9(7-11(12)14)13(17)20-2/h3-4,7,10,15H,5-6,8H2,1-2H3. The molecular weight excluding hydrogens is 360 g/mol. The monoisotopic (exact) mass is 376 g/mol. The third-order valence-corrected chi connectivity index (χ3v) is 6.45. The molecule has 1 aromatic carbocycles. The van der Waals surface area contributed by atoms with Gasteiger partial charge in [0.15, 0.2) is 0 Å². The molecule has 1 aromatic rings. The minimum Gasteiger partial charge on any atom is -0.465 e. The van der Waals surface area contributed by atoms with Gasteiger partial charge in [-0.25, -0.2) is 13.2 Å². The molecule has 1 heterocycles. The highest BCUT2D eigenvalue weighted by atomic mass is 79.9. The van der Waals surface area contributed by atoms with Gasteiger partial charge in [0.2, 0.25) is 10.0 Å². The van der Waals surface area contributed by atoms with Gasteiger partial charge >= 0.3 is 5.97 Å². The SMILES string of the molecule is COC(=O)c1ccc(S(=O)(=O)N(C)C2CCNC2)c(Br)c1. The van der Waals surface area contributed by atoms with E-state index in [0.717, 1.165) is 13.0 Å². The molecule has 0 radical (unpaired) electrons. The Bertz CT molecular complexity index is 642. The van der Waals surface area contributed by atoms with Gasteiger partial charge in [-0.15, -0.1) is 0 Å². The van der Waals surface area contributed by atoms with Crippen molar-refractivity contribution in [3.63, 3.8) is 0 Å². The quantitative estimate of drug-likeness (QED) is 0.799. The van der Waals surface area contributed by atoms with Gasteiger partial charge in [0, 0.05) is 24.1 Å². The summed E-state index contributed by atoms with van der Waals surface area (Å²) in [6.45, 7) is 1.46. The summed E-state index contributed by atoms with van der Waals surface area (Å²) >= 11 is 3.23. The number of ether oxygens (including phenoxy) is 1.